The minimum absolute atomic E-state index is 0.0186. The number of nitrogens with zero attached hydrogens (tertiary/aromatic N) is 1. The van der Waals surface area contributed by atoms with E-state index in [2.05, 4.69) is 5.32 Å². The summed E-state index contributed by atoms with van der Waals surface area (Å²) in [5.74, 6) is -0.128. The molecule has 1 aliphatic rings. The molecule has 9 heteroatoms. The Bertz CT molecular complexity index is 1280. The van der Waals surface area contributed by atoms with Crippen molar-refractivity contribution in [3.05, 3.63) is 98.9 Å². The monoisotopic (exact) mass is 514 g/mol. The smallest absolute Gasteiger partial charge is 0.329 e. The van der Waals surface area contributed by atoms with Gasteiger partial charge in [-0.05, 0) is 66.1 Å². The average molecular weight is 515 g/mol. The summed E-state index contributed by atoms with van der Waals surface area (Å²) in [4.78, 5) is 26.3. The SMILES string of the molecule is CCOc1cc(/C=C2/NC(=O)N(Cc3ccc(F)cc3)C2=O)cc(Cl)c1OCc1ccc(Cl)cc1. The third kappa shape index (κ3) is 5.93. The van der Waals surface area contributed by atoms with Crippen LogP contribution in [0.1, 0.15) is 23.6 Å². The van der Waals surface area contributed by atoms with Gasteiger partial charge in [0.1, 0.15) is 18.1 Å². The zero-order valence-corrected chi connectivity index (χ0v) is 20.2. The second-order valence-electron chi connectivity index (χ2n) is 7.68. The van der Waals surface area contributed by atoms with E-state index in [0.29, 0.717) is 34.3 Å². The number of benzene rings is 3. The molecule has 6 nitrogen and oxygen atoms in total. The molecule has 0 bridgehead atoms. The van der Waals surface area contributed by atoms with Crippen molar-refractivity contribution < 1.29 is 23.5 Å². The first-order chi connectivity index (χ1) is 16.8. The van der Waals surface area contributed by atoms with Crippen molar-refractivity contribution in [2.45, 2.75) is 20.1 Å². The summed E-state index contributed by atoms with van der Waals surface area (Å²) in [6.45, 7) is 2.47. The fraction of sp³-hybridized carbons (Fsp3) is 0.154. The van der Waals surface area contributed by atoms with E-state index >= 15 is 0 Å². The molecule has 0 unspecified atom stereocenters. The quantitative estimate of drug-likeness (QED) is 0.287. The Hall–Kier alpha value is -3.55. The van der Waals surface area contributed by atoms with Gasteiger partial charge in [-0.1, -0.05) is 47.5 Å². The van der Waals surface area contributed by atoms with E-state index in [0.717, 1.165) is 10.5 Å². The average Bonchev–Trinajstić information content (AvgIpc) is 3.08. The number of rotatable bonds is 8. The van der Waals surface area contributed by atoms with Gasteiger partial charge in [-0.15, -0.1) is 0 Å². The van der Waals surface area contributed by atoms with E-state index in [-0.39, 0.29) is 23.9 Å². The van der Waals surface area contributed by atoms with Crippen molar-refractivity contribution >= 4 is 41.2 Å². The van der Waals surface area contributed by atoms with E-state index in [1.165, 1.54) is 30.3 Å². The molecule has 180 valence electrons. The summed E-state index contributed by atoms with van der Waals surface area (Å²) in [5.41, 5.74) is 2.16. The maximum absolute atomic E-state index is 13.2. The Morgan fingerprint density at radius 2 is 1.66 bits per heavy atom. The van der Waals surface area contributed by atoms with Crippen LogP contribution in [0.4, 0.5) is 9.18 Å². The van der Waals surface area contributed by atoms with Gasteiger partial charge in [0.15, 0.2) is 11.5 Å². The molecule has 4 rings (SSSR count). The van der Waals surface area contributed by atoms with Crippen LogP contribution in [0.3, 0.4) is 0 Å². The lowest BCUT2D eigenvalue weighted by molar-refractivity contribution is -0.123. The fourth-order valence-electron chi connectivity index (χ4n) is 3.46. The molecular weight excluding hydrogens is 494 g/mol. The van der Waals surface area contributed by atoms with Crippen LogP contribution in [0, 0.1) is 5.82 Å². The summed E-state index contributed by atoms with van der Waals surface area (Å²) in [6.07, 6.45) is 1.52. The van der Waals surface area contributed by atoms with Gasteiger partial charge in [0, 0.05) is 5.02 Å². The standard InChI is InChI=1S/C26H21Cl2FN2O4/c1-2-34-23-13-18(11-21(28)24(23)35-15-17-3-7-19(27)8-4-17)12-22-25(32)31(26(33)30-22)14-16-5-9-20(29)10-6-16/h3-13H,2,14-15H2,1H3,(H,30,33)/b22-12+. The molecule has 1 aliphatic heterocycles. The van der Waals surface area contributed by atoms with Gasteiger partial charge in [0.25, 0.3) is 5.91 Å². The second kappa shape index (κ2) is 10.8. The molecule has 3 aromatic carbocycles. The number of halogens is 3. The lowest BCUT2D eigenvalue weighted by atomic mass is 10.1. The maximum atomic E-state index is 13.2. The number of carbonyl (C=O) groups excluding carboxylic acids is 2. The summed E-state index contributed by atoms with van der Waals surface area (Å²) in [7, 11) is 0. The highest BCUT2D eigenvalue weighted by Gasteiger charge is 2.33. The molecule has 0 aromatic heterocycles. The Morgan fingerprint density at radius 3 is 2.34 bits per heavy atom. The molecule has 1 saturated heterocycles. The number of imide groups is 1. The Morgan fingerprint density at radius 1 is 0.971 bits per heavy atom. The van der Waals surface area contributed by atoms with Gasteiger partial charge < -0.3 is 14.8 Å². The van der Waals surface area contributed by atoms with Gasteiger partial charge in [-0.2, -0.15) is 0 Å². The molecule has 0 radical (unpaired) electrons. The van der Waals surface area contributed by atoms with Crippen LogP contribution in [0.15, 0.2) is 66.4 Å². The lowest BCUT2D eigenvalue weighted by Crippen LogP contribution is -2.30. The third-order valence-corrected chi connectivity index (χ3v) is 5.69. The third-order valence-electron chi connectivity index (χ3n) is 5.16. The van der Waals surface area contributed by atoms with Gasteiger partial charge in [-0.3, -0.25) is 9.69 Å². The van der Waals surface area contributed by atoms with E-state index in [9.17, 15) is 14.0 Å². The predicted octanol–water partition coefficient (Wildman–Crippen LogP) is 6.20. The molecule has 1 heterocycles. The van der Waals surface area contributed by atoms with Gasteiger partial charge in [0.05, 0.1) is 18.2 Å². The van der Waals surface area contributed by atoms with E-state index in [1.54, 1.807) is 24.3 Å². The topological polar surface area (TPSA) is 67.9 Å². The van der Waals surface area contributed by atoms with Crippen molar-refractivity contribution in [3.63, 3.8) is 0 Å². The van der Waals surface area contributed by atoms with Gasteiger partial charge in [0.2, 0.25) is 0 Å². The zero-order valence-electron chi connectivity index (χ0n) is 18.7. The summed E-state index contributed by atoms with van der Waals surface area (Å²) >= 11 is 12.4. The number of ether oxygens (including phenoxy) is 2. The number of amides is 3. The van der Waals surface area contributed by atoms with Crippen molar-refractivity contribution in [2.75, 3.05) is 6.61 Å². The predicted molar refractivity (Wildman–Crippen MR) is 132 cm³/mol. The lowest BCUT2D eigenvalue weighted by Gasteiger charge is -2.15. The molecule has 0 aliphatic carbocycles. The normalized spacial score (nSPS) is 14.4. The van der Waals surface area contributed by atoms with Crippen LogP contribution in [0.2, 0.25) is 10.0 Å². The fourth-order valence-corrected chi connectivity index (χ4v) is 3.86. The number of carbonyl (C=O) groups is 2. The number of nitrogens with one attached hydrogen (secondary N) is 1. The second-order valence-corrected chi connectivity index (χ2v) is 8.53. The maximum Gasteiger partial charge on any atom is 0.329 e. The first-order valence-corrected chi connectivity index (χ1v) is 11.5. The van der Waals surface area contributed by atoms with Crippen molar-refractivity contribution in [1.29, 1.82) is 0 Å². The van der Waals surface area contributed by atoms with Crippen molar-refractivity contribution in [1.82, 2.24) is 10.2 Å². The molecule has 1 fully saturated rings. The van der Waals surface area contributed by atoms with Crippen molar-refractivity contribution in [2.24, 2.45) is 0 Å². The summed E-state index contributed by atoms with van der Waals surface area (Å²) < 4.78 is 24.8. The molecule has 0 atom stereocenters. The highest BCUT2D eigenvalue weighted by Crippen LogP contribution is 2.38. The van der Waals surface area contributed by atoms with Crippen molar-refractivity contribution in [3.8, 4) is 11.5 Å². The number of urea groups is 1. The van der Waals surface area contributed by atoms with E-state index in [4.69, 9.17) is 32.7 Å². The molecule has 0 spiro atoms. The van der Waals surface area contributed by atoms with Crippen LogP contribution in [0.5, 0.6) is 11.5 Å². The number of hydrogen-bond donors (Lipinski definition) is 1. The molecule has 3 amide bonds. The first-order valence-electron chi connectivity index (χ1n) is 10.8. The van der Waals surface area contributed by atoms with Crippen LogP contribution in [0.25, 0.3) is 6.08 Å². The highest BCUT2D eigenvalue weighted by molar-refractivity contribution is 6.32. The zero-order chi connectivity index (χ0) is 24.9. The summed E-state index contributed by atoms with van der Waals surface area (Å²) in [5, 5.41) is 3.49. The van der Waals surface area contributed by atoms with Gasteiger partial charge >= 0.3 is 6.03 Å². The minimum atomic E-state index is -0.565. The molecule has 0 saturated carbocycles. The van der Waals surface area contributed by atoms with E-state index in [1.807, 2.05) is 19.1 Å². The Balaban J connectivity index is 1.54. The largest absolute Gasteiger partial charge is 0.490 e. The molecular formula is C26H21Cl2FN2O4. The summed E-state index contributed by atoms with van der Waals surface area (Å²) in [6, 6.07) is 15.6. The molecule has 3 aromatic rings. The van der Waals surface area contributed by atoms with Crippen LogP contribution >= 0.6 is 23.2 Å². The highest BCUT2D eigenvalue weighted by atomic mass is 35.5. The number of hydrogen-bond acceptors (Lipinski definition) is 4. The minimum Gasteiger partial charge on any atom is -0.490 e. The Kier molecular flexibility index (Phi) is 7.58. The molecule has 1 N–H and O–H groups in total. The Labute approximate surface area is 211 Å². The van der Waals surface area contributed by atoms with Crippen LogP contribution < -0.4 is 14.8 Å². The van der Waals surface area contributed by atoms with Crippen LogP contribution in [-0.4, -0.2) is 23.4 Å². The first kappa shape index (κ1) is 24.6. The molecule has 35 heavy (non-hydrogen) atoms. The van der Waals surface area contributed by atoms with Gasteiger partial charge in [-0.25, -0.2) is 9.18 Å². The van der Waals surface area contributed by atoms with E-state index < -0.39 is 17.8 Å². The van der Waals surface area contributed by atoms with Crippen LogP contribution in [-0.2, 0) is 17.9 Å².